The number of hydrogen-bond donors (Lipinski definition) is 3. The number of rotatable bonds is 9. The van der Waals surface area contributed by atoms with Crippen LogP contribution in [0.15, 0.2) is 52.4 Å². The van der Waals surface area contributed by atoms with Crippen molar-refractivity contribution >= 4 is 16.0 Å². The van der Waals surface area contributed by atoms with Gasteiger partial charge in [0.25, 0.3) is 0 Å². The summed E-state index contributed by atoms with van der Waals surface area (Å²) in [5.41, 5.74) is 2.95. The van der Waals surface area contributed by atoms with Gasteiger partial charge in [0.05, 0.1) is 11.4 Å². The number of aryl methyl sites for hydroxylation is 1. The van der Waals surface area contributed by atoms with E-state index in [0.717, 1.165) is 42.5 Å². The Balaban J connectivity index is 1.55. The fourth-order valence-corrected chi connectivity index (χ4v) is 4.34. The molecule has 1 aliphatic rings. The van der Waals surface area contributed by atoms with Gasteiger partial charge in [-0.05, 0) is 74.1 Å². The molecule has 30 heavy (non-hydrogen) atoms. The van der Waals surface area contributed by atoms with Crippen LogP contribution in [0.1, 0.15) is 36.5 Å². The van der Waals surface area contributed by atoms with E-state index in [-0.39, 0.29) is 16.8 Å². The first kappa shape index (κ1) is 22.2. The molecule has 0 amide bonds. The van der Waals surface area contributed by atoms with Gasteiger partial charge in [0, 0.05) is 19.1 Å². The summed E-state index contributed by atoms with van der Waals surface area (Å²) in [6, 6.07) is 11.7. The van der Waals surface area contributed by atoms with Gasteiger partial charge in [-0.15, -0.1) is 0 Å². The second-order valence-electron chi connectivity index (χ2n) is 7.48. The Morgan fingerprint density at radius 2 is 1.87 bits per heavy atom. The van der Waals surface area contributed by atoms with Crippen LogP contribution in [0.25, 0.3) is 0 Å². The van der Waals surface area contributed by atoms with Gasteiger partial charge in [0.1, 0.15) is 5.82 Å². The number of benzene rings is 2. The van der Waals surface area contributed by atoms with Crippen LogP contribution in [0.3, 0.4) is 0 Å². The summed E-state index contributed by atoms with van der Waals surface area (Å²) in [6.45, 7) is 5.73. The molecule has 0 atom stereocenters. The van der Waals surface area contributed by atoms with Gasteiger partial charge in [-0.25, -0.2) is 22.5 Å². The summed E-state index contributed by atoms with van der Waals surface area (Å²) in [6.07, 6.45) is 2.58. The van der Waals surface area contributed by atoms with Crippen molar-refractivity contribution in [1.29, 1.82) is 0 Å². The molecule has 1 saturated carbocycles. The molecule has 0 radical (unpaired) electrons. The molecule has 8 heteroatoms. The third-order valence-electron chi connectivity index (χ3n) is 4.89. The standard InChI is InChI=1S/C22H29FN4O2S/c1-3-24-22(25-13-12-18-6-7-19(23)14-16(18)2)26-15-17-4-10-21(11-5-17)30(28,29)27-20-8-9-20/h4-7,10-11,14,20,27H,3,8-9,12-13,15H2,1-2H3,(H2,24,25,26). The Kier molecular flexibility index (Phi) is 7.44. The Morgan fingerprint density at radius 3 is 2.50 bits per heavy atom. The highest BCUT2D eigenvalue weighted by molar-refractivity contribution is 7.89. The largest absolute Gasteiger partial charge is 0.357 e. The Hall–Kier alpha value is -2.45. The zero-order valence-electron chi connectivity index (χ0n) is 17.4. The van der Waals surface area contributed by atoms with Crippen LogP contribution in [0.2, 0.25) is 0 Å². The van der Waals surface area contributed by atoms with Crippen molar-refractivity contribution in [2.24, 2.45) is 4.99 Å². The van der Waals surface area contributed by atoms with Crippen LogP contribution in [0.5, 0.6) is 0 Å². The summed E-state index contributed by atoms with van der Waals surface area (Å²) in [4.78, 5) is 4.85. The average molecular weight is 433 g/mol. The lowest BCUT2D eigenvalue weighted by molar-refractivity contribution is 0.581. The molecule has 0 saturated heterocycles. The maximum atomic E-state index is 13.2. The monoisotopic (exact) mass is 432 g/mol. The molecule has 0 spiro atoms. The van der Waals surface area contributed by atoms with Gasteiger partial charge in [0.2, 0.25) is 10.0 Å². The molecular formula is C22H29FN4O2S. The Morgan fingerprint density at radius 1 is 1.13 bits per heavy atom. The summed E-state index contributed by atoms with van der Waals surface area (Å²) >= 11 is 0. The predicted molar refractivity (Wildman–Crippen MR) is 117 cm³/mol. The number of halogens is 1. The van der Waals surface area contributed by atoms with Gasteiger partial charge in [-0.1, -0.05) is 18.2 Å². The molecule has 3 rings (SSSR count). The Labute approximate surface area is 178 Å². The number of sulfonamides is 1. The van der Waals surface area contributed by atoms with Crippen molar-refractivity contribution in [2.45, 2.75) is 50.6 Å². The second kappa shape index (κ2) is 10.0. The molecule has 0 heterocycles. The molecule has 0 bridgehead atoms. The van der Waals surface area contributed by atoms with E-state index >= 15 is 0 Å². The van der Waals surface area contributed by atoms with E-state index in [2.05, 4.69) is 20.3 Å². The number of guanidine groups is 1. The minimum Gasteiger partial charge on any atom is -0.357 e. The van der Waals surface area contributed by atoms with Crippen LogP contribution in [0, 0.1) is 12.7 Å². The molecule has 3 N–H and O–H groups in total. The third-order valence-corrected chi connectivity index (χ3v) is 6.42. The molecular weight excluding hydrogens is 403 g/mol. The van der Waals surface area contributed by atoms with Gasteiger partial charge >= 0.3 is 0 Å². The normalized spacial score (nSPS) is 14.6. The first-order chi connectivity index (χ1) is 14.4. The first-order valence-corrected chi connectivity index (χ1v) is 11.7. The predicted octanol–water partition coefficient (Wildman–Crippen LogP) is 2.87. The van der Waals surface area contributed by atoms with Crippen LogP contribution in [-0.4, -0.2) is 33.5 Å². The maximum absolute atomic E-state index is 13.2. The summed E-state index contributed by atoms with van der Waals surface area (Å²) in [5, 5.41) is 6.48. The molecule has 1 fully saturated rings. The van der Waals surface area contributed by atoms with Crippen molar-refractivity contribution < 1.29 is 12.8 Å². The lowest BCUT2D eigenvalue weighted by atomic mass is 10.1. The van der Waals surface area contributed by atoms with Gasteiger partial charge in [-0.2, -0.15) is 0 Å². The van der Waals surface area contributed by atoms with E-state index < -0.39 is 10.0 Å². The van der Waals surface area contributed by atoms with Crippen LogP contribution >= 0.6 is 0 Å². The van der Waals surface area contributed by atoms with Crippen LogP contribution in [-0.2, 0) is 23.0 Å². The molecule has 0 unspecified atom stereocenters. The fourth-order valence-electron chi connectivity index (χ4n) is 3.03. The SMILES string of the molecule is CCNC(=NCc1ccc(S(=O)(=O)NC2CC2)cc1)NCCc1ccc(F)cc1C. The molecule has 2 aromatic rings. The molecule has 1 aliphatic carbocycles. The minimum atomic E-state index is -3.43. The topological polar surface area (TPSA) is 82.6 Å². The summed E-state index contributed by atoms with van der Waals surface area (Å²) < 4.78 is 40.4. The highest BCUT2D eigenvalue weighted by Crippen LogP contribution is 2.22. The van der Waals surface area contributed by atoms with Crippen molar-refractivity contribution in [3.8, 4) is 0 Å². The van der Waals surface area contributed by atoms with E-state index in [4.69, 9.17) is 0 Å². The number of nitrogens with zero attached hydrogens (tertiary/aromatic N) is 1. The number of nitrogens with one attached hydrogen (secondary N) is 3. The van der Waals surface area contributed by atoms with Crippen molar-refractivity contribution in [1.82, 2.24) is 15.4 Å². The van der Waals surface area contributed by atoms with Crippen LogP contribution < -0.4 is 15.4 Å². The van der Waals surface area contributed by atoms with E-state index in [1.807, 2.05) is 19.9 Å². The highest BCUT2D eigenvalue weighted by atomic mass is 32.2. The average Bonchev–Trinajstić information content (AvgIpc) is 3.51. The smallest absolute Gasteiger partial charge is 0.240 e. The minimum absolute atomic E-state index is 0.0896. The van der Waals surface area contributed by atoms with E-state index in [9.17, 15) is 12.8 Å². The van der Waals surface area contributed by atoms with E-state index in [0.29, 0.717) is 19.0 Å². The lowest BCUT2D eigenvalue weighted by Gasteiger charge is -2.12. The molecule has 162 valence electrons. The zero-order valence-corrected chi connectivity index (χ0v) is 18.2. The Bertz CT molecular complexity index is 987. The fraction of sp³-hybridized carbons (Fsp3) is 0.409. The maximum Gasteiger partial charge on any atom is 0.240 e. The van der Waals surface area contributed by atoms with Crippen LogP contribution in [0.4, 0.5) is 4.39 Å². The first-order valence-electron chi connectivity index (χ1n) is 10.3. The lowest BCUT2D eigenvalue weighted by Crippen LogP contribution is -2.38. The zero-order chi connectivity index (χ0) is 21.6. The quantitative estimate of drug-likeness (QED) is 0.420. The van der Waals surface area contributed by atoms with Crippen molar-refractivity contribution in [3.05, 3.63) is 65.0 Å². The second-order valence-corrected chi connectivity index (χ2v) is 9.20. The summed E-state index contributed by atoms with van der Waals surface area (Å²) in [5.74, 6) is 0.464. The molecule has 6 nitrogen and oxygen atoms in total. The van der Waals surface area contributed by atoms with Crippen molar-refractivity contribution in [2.75, 3.05) is 13.1 Å². The van der Waals surface area contributed by atoms with Gasteiger partial charge in [-0.3, -0.25) is 0 Å². The molecule has 0 aliphatic heterocycles. The van der Waals surface area contributed by atoms with E-state index in [1.54, 1.807) is 30.3 Å². The molecule has 2 aromatic carbocycles. The summed E-state index contributed by atoms with van der Waals surface area (Å²) in [7, 11) is -3.43. The van der Waals surface area contributed by atoms with Gasteiger partial charge < -0.3 is 10.6 Å². The van der Waals surface area contributed by atoms with E-state index in [1.165, 1.54) is 6.07 Å². The van der Waals surface area contributed by atoms with Crippen molar-refractivity contribution in [3.63, 3.8) is 0 Å². The number of aliphatic imine (C=N–C) groups is 1. The highest BCUT2D eigenvalue weighted by Gasteiger charge is 2.27. The number of hydrogen-bond acceptors (Lipinski definition) is 3. The van der Waals surface area contributed by atoms with Gasteiger partial charge in [0.15, 0.2) is 5.96 Å². The molecule has 0 aromatic heterocycles. The third kappa shape index (κ3) is 6.53.